The number of nitrogens with one attached hydrogen (secondary N) is 1. The van der Waals surface area contributed by atoms with Crippen molar-refractivity contribution in [2.45, 2.75) is 58.5 Å². The van der Waals surface area contributed by atoms with Crippen LogP contribution in [0, 0.1) is 11.8 Å². The molecule has 1 aromatic rings. The second-order valence-corrected chi connectivity index (χ2v) is 6.36. The molecular weight excluding hydrogens is 248 g/mol. The molecule has 0 bridgehead atoms. The summed E-state index contributed by atoms with van der Waals surface area (Å²) in [4.78, 5) is 11.5. The van der Waals surface area contributed by atoms with Crippen molar-refractivity contribution in [3.05, 3.63) is 34.7 Å². The molecule has 0 amide bonds. The Morgan fingerprint density at radius 1 is 1.20 bits per heavy atom. The molecule has 1 fully saturated rings. The van der Waals surface area contributed by atoms with Crippen molar-refractivity contribution < 1.29 is 0 Å². The molecule has 0 aliphatic heterocycles. The third kappa shape index (κ3) is 4.48. The number of nitrogens with zero attached hydrogens (tertiary/aromatic N) is 1. The Kier molecular flexibility index (Phi) is 5.84. The number of aryl methyl sites for hydroxylation is 1. The highest BCUT2D eigenvalue weighted by atomic mass is 16.1. The van der Waals surface area contributed by atoms with E-state index in [9.17, 15) is 4.79 Å². The summed E-state index contributed by atoms with van der Waals surface area (Å²) < 4.78 is 1.80. The molecule has 1 saturated carbocycles. The van der Waals surface area contributed by atoms with E-state index in [0.717, 1.165) is 37.8 Å². The van der Waals surface area contributed by atoms with Crippen molar-refractivity contribution in [1.82, 2.24) is 9.88 Å². The first kappa shape index (κ1) is 15.3. The lowest BCUT2D eigenvalue weighted by Gasteiger charge is -2.32. The van der Waals surface area contributed by atoms with Gasteiger partial charge in [-0.2, -0.15) is 0 Å². The van der Waals surface area contributed by atoms with E-state index in [1.165, 1.54) is 19.3 Å². The minimum absolute atomic E-state index is 0.107. The Balaban J connectivity index is 1.60. The van der Waals surface area contributed by atoms with Crippen molar-refractivity contribution in [2.24, 2.45) is 11.8 Å². The van der Waals surface area contributed by atoms with E-state index in [1.54, 1.807) is 16.7 Å². The van der Waals surface area contributed by atoms with Crippen LogP contribution in [0.3, 0.4) is 0 Å². The summed E-state index contributed by atoms with van der Waals surface area (Å²) >= 11 is 0. The minimum Gasteiger partial charge on any atom is -0.316 e. The summed E-state index contributed by atoms with van der Waals surface area (Å²) in [5.41, 5.74) is 0.107. The highest BCUT2D eigenvalue weighted by molar-refractivity contribution is 4.93. The lowest BCUT2D eigenvalue weighted by Crippen LogP contribution is -2.36. The van der Waals surface area contributed by atoms with E-state index >= 15 is 0 Å². The predicted molar refractivity (Wildman–Crippen MR) is 83.9 cm³/mol. The number of aromatic nitrogens is 1. The first-order valence-electron chi connectivity index (χ1n) is 8.05. The summed E-state index contributed by atoms with van der Waals surface area (Å²) in [6.45, 7) is 6.66. The maximum Gasteiger partial charge on any atom is 0.250 e. The van der Waals surface area contributed by atoms with Gasteiger partial charge in [0.2, 0.25) is 5.56 Å². The van der Waals surface area contributed by atoms with Gasteiger partial charge in [0.15, 0.2) is 0 Å². The van der Waals surface area contributed by atoms with Crippen LogP contribution in [0.25, 0.3) is 0 Å². The first-order valence-corrected chi connectivity index (χ1v) is 8.05. The standard InChI is InChI=1S/C17H28N2O/c1-14-8-9-16(13-15(14)2)18-10-4-6-12-19-11-5-3-7-17(19)20/h3,5,7,11,14-16,18H,4,6,8-10,12-13H2,1-2H3/t14-,15-,16-/m1/s1. The highest BCUT2D eigenvalue weighted by Crippen LogP contribution is 2.29. The van der Waals surface area contributed by atoms with Crippen LogP contribution >= 0.6 is 0 Å². The lowest BCUT2D eigenvalue weighted by molar-refractivity contribution is 0.226. The molecular formula is C17H28N2O. The van der Waals surface area contributed by atoms with Crippen LogP contribution in [0.5, 0.6) is 0 Å². The van der Waals surface area contributed by atoms with Gasteiger partial charge in [-0.3, -0.25) is 4.79 Å². The number of rotatable bonds is 6. The van der Waals surface area contributed by atoms with Gasteiger partial charge in [-0.25, -0.2) is 0 Å². The molecule has 1 aliphatic carbocycles. The molecule has 112 valence electrons. The monoisotopic (exact) mass is 276 g/mol. The van der Waals surface area contributed by atoms with Gasteiger partial charge in [0, 0.05) is 24.8 Å². The fourth-order valence-electron chi connectivity index (χ4n) is 3.09. The van der Waals surface area contributed by atoms with E-state index in [0.29, 0.717) is 6.04 Å². The molecule has 1 aromatic heterocycles. The largest absolute Gasteiger partial charge is 0.316 e. The molecule has 0 radical (unpaired) electrons. The van der Waals surface area contributed by atoms with Crippen molar-refractivity contribution in [3.8, 4) is 0 Å². The van der Waals surface area contributed by atoms with Crippen LogP contribution in [-0.4, -0.2) is 17.2 Å². The molecule has 20 heavy (non-hydrogen) atoms. The molecule has 3 nitrogen and oxygen atoms in total. The molecule has 1 heterocycles. The Morgan fingerprint density at radius 3 is 2.80 bits per heavy atom. The number of pyridine rings is 1. The fourth-order valence-corrected chi connectivity index (χ4v) is 3.09. The topological polar surface area (TPSA) is 34.0 Å². The molecule has 0 aromatic carbocycles. The van der Waals surface area contributed by atoms with Gasteiger partial charge in [-0.15, -0.1) is 0 Å². The minimum atomic E-state index is 0.107. The van der Waals surface area contributed by atoms with E-state index in [2.05, 4.69) is 19.2 Å². The fraction of sp³-hybridized carbons (Fsp3) is 0.706. The summed E-state index contributed by atoms with van der Waals surface area (Å²) in [5, 5.41) is 3.69. The highest BCUT2D eigenvalue weighted by Gasteiger charge is 2.23. The van der Waals surface area contributed by atoms with Gasteiger partial charge >= 0.3 is 0 Å². The van der Waals surface area contributed by atoms with Crippen LogP contribution in [0.2, 0.25) is 0 Å². The van der Waals surface area contributed by atoms with Crippen molar-refractivity contribution in [2.75, 3.05) is 6.54 Å². The van der Waals surface area contributed by atoms with Crippen LogP contribution in [0.15, 0.2) is 29.2 Å². The number of hydrogen-bond donors (Lipinski definition) is 1. The zero-order valence-electron chi connectivity index (χ0n) is 12.8. The van der Waals surface area contributed by atoms with Gasteiger partial charge < -0.3 is 9.88 Å². The van der Waals surface area contributed by atoms with E-state index in [-0.39, 0.29) is 5.56 Å². The van der Waals surface area contributed by atoms with Gasteiger partial charge in [0.25, 0.3) is 0 Å². The quantitative estimate of drug-likeness (QED) is 0.810. The van der Waals surface area contributed by atoms with Crippen LogP contribution in [0.1, 0.15) is 46.0 Å². The number of hydrogen-bond acceptors (Lipinski definition) is 2. The molecule has 0 unspecified atom stereocenters. The van der Waals surface area contributed by atoms with E-state index in [1.807, 2.05) is 12.3 Å². The normalized spacial score (nSPS) is 26.6. The maximum absolute atomic E-state index is 11.5. The van der Waals surface area contributed by atoms with E-state index in [4.69, 9.17) is 0 Å². The lowest BCUT2D eigenvalue weighted by atomic mass is 9.79. The molecule has 2 rings (SSSR count). The van der Waals surface area contributed by atoms with Gasteiger partial charge in [-0.1, -0.05) is 19.9 Å². The molecule has 1 N–H and O–H groups in total. The van der Waals surface area contributed by atoms with Crippen molar-refractivity contribution in [1.29, 1.82) is 0 Å². The van der Waals surface area contributed by atoms with Gasteiger partial charge in [-0.05, 0) is 56.6 Å². The van der Waals surface area contributed by atoms with E-state index < -0.39 is 0 Å². The van der Waals surface area contributed by atoms with Crippen LogP contribution < -0.4 is 10.9 Å². The molecule has 0 saturated heterocycles. The van der Waals surface area contributed by atoms with Crippen molar-refractivity contribution >= 4 is 0 Å². The second-order valence-electron chi connectivity index (χ2n) is 6.36. The Labute approximate surface area is 122 Å². The number of unbranched alkanes of at least 4 members (excludes halogenated alkanes) is 1. The summed E-state index contributed by atoms with van der Waals surface area (Å²) in [6, 6.07) is 6.05. The zero-order valence-corrected chi connectivity index (χ0v) is 12.8. The predicted octanol–water partition coefficient (Wildman–Crippen LogP) is 3.04. The average molecular weight is 276 g/mol. The SMILES string of the molecule is C[C@@H]1CC[C@@H](NCCCCn2ccccc2=O)C[C@H]1C. The second kappa shape index (κ2) is 7.63. The Hall–Kier alpha value is -1.09. The van der Waals surface area contributed by atoms with Crippen LogP contribution in [-0.2, 0) is 6.54 Å². The Morgan fingerprint density at radius 2 is 2.05 bits per heavy atom. The molecule has 3 atom stereocenters. The molecule has 3 heteroatoms. The van der Waals surface area contributed by atoms with Crippen molar-refractivity contribution in [3.63, 3.8) is 0 Å². The smallest absolute Gasteiger partial charge is 0.250 e. The van der Waals surface area contributed by atoms with Gasteiger partial charge in [0.05, 0.1) is 0 Å². The molecule has 0 spiro atoms. The summed E-state index contributed by atoms with van der Waals surface area (Å²) in [7, 11) is 0. The maximum atomic E-state index is 11.5. The third-order valence-corrected chi connectivity index (χ3v) is 4.76. The summed E-state index contributed by atoms with van der Waals surface area (Å²) in [5.74, 6) is 1.74. The first-order chi connectivity index (χ1) is 9.66. The zero-order chi connectivity index (χ0) is 14.4. The third-order valence-electron chi connectivity index (χ3n) is 4.76. The van der Waals surface area contributed by atoms with Gasteiger partial charge in [0.1, 0.15) is 0 Å². The average Bonchev–Trinajstić information content (AvgIpc) is 2.44. The summed E-state index contributed by atoms with van der Waals surface area (Å²) in [6.07, 6.45) is 8.08. The molecule has 1 aliphatic rings. The Bertz CT molecular complexity index is 454. The van der Waals surface area contributed by atoms with Crippen LogP contribution in [0.4, 0.5) is 0 Å².